The highest BCUT2D eigenvalue weighted by atomic mass is 16.5. The van der Waals surface area contributed by atoms with Gasteiger partial charge in [0.25, 0.3) is 0 Å². The number of urea groups is 1. The summed E-state index contributed by atoms with van der Waals surface area (Å²) < 4.78 is 10.9. The SMILES string of the molecule is COC1CN(C(=O)CCCCc2ccc3c(n2)NCC(C2CNc4nc(CCCNC(=O)N5CCC(CC(=O)O)(OC)CC5)ccc4C2)C3)CCC1(O)CC(O)O. The number of amides is 3. The molecular formula is C41H61N7O9. The zero-order valence-corrected chi connectivity index (χ0v) is 33.4. The maximum atomic E-state index is 12.9. The number of unbranched alkanes of at least 4 members (excludes halogenated alkanes) is 1. The van der Waals surface area contributed by atoms with Crippen LogP contribution in [-0.4, -0.2) is 142 Å². The number of carboxylic acid groups (broad SMARTS) is 1. The third kappa shape index (κ3) is 10.9. The number of aliphatic hydroxyl groups excluding tert-OH is 1. The van der Waals surface area contributed by atoms with E-state index < -0.39 is 29.6 Å². The topological polar surface area (TPSA) is 219 Å². The summed E-state index contributed by atoms with van der Waals surface area (Å²) in [6, 6.07) is 8.43. The Morgan fingerprint density at radius 3 is 2.04 bits per heavy atom. The number of aliphatic carboxylic acids is 1. The zero-order valence-electron chi connectivity index (χ0n) is 33.4. The molecule has 4 unspecified atom stereocenters. The minimum Gasteiger partial charge on any atom is -0.481 e. The van der Waals surface area contributed by atoms with Crippen molar-refractivity contribution in [2.45, 2.75) is 107 Å². The molecule has 4 aliphatic rings. The normalized spacial score (nSPS) is 24.2. The van der Waals surface area contributed by atoms with Gasteiger partial charge in [-0.05, 0) is 99.3 Å². The summed E-state index contributed by atoms with van der Waals surface area (Å²) in [4.78, 5) is 50.1. The van der Waals surface area contributed by atoms with Crippen molar-refractivity contribution >= 4 is 29.5 Å². The van der Waals surface area contributed by atoms with E-state index in [4.69, 9.17) is 19.4 Å². The molecule has 6 heterocycles. The van der Waals surface area contributed by atoms with Crippen LogP contribution in [0.1, 0.15) is 80.3 Å². The zero-order chi connectivity index (χ0) is 40.6. The molecule has 3 amide bonds. The molecule has 57 heavy (non-hydrogen) atoms. The predicted octanol–water partition coefficient (Wildman–Crippen LogP) is 2.34. The Hall–Kier alpha value is -4.09. The maximum absolute atomic E-state index is 12.9. The predicted molar refractivity (Wildman–Crippen MR) is 212 cm³/mol. The fraction of sp³-hybridized carbons (Fsp3) is 0.683. The highest BCUT2D eigenvalue weighted by molar-refractivity contribution is 5.76. The summed E-state index contributed by atoms with van der Waals surface area (Å²) in [5, 5.41) is 49.0. The second-order valence-corrected chi connectivity index (χ2v) is 16.4. The van der Waals surface area contributed by atoms with Crippen LogP contribution in [0.4, 0.5) is 16.4 Å². The monoisotopic (exact) mass is 795 g/mol. The number of anilines is 2. The number of nitrogens with zero attached hydrogens (tertiary/aromatic N) is 4. The standard InChI is InChI=1S/C41H61N7O9/c1-56-33-26-48(19-15-41(33,55)23-36(52)53)34(49)8-4-3-6-31-11-9-27-20-29(24-43-37(27)45-31)30-21-28-10-12-32(46-38(28)44-25-30)7-5-16-42-39(54)47-17-13-40(57-2,14-18-47)22-35(50)51/h9-12,29-30,33,36,52-53,55H,3-8,13-26H2,1-2H3,(H,42,54)(H,43,45)(H,44,46)(H,50,51). The van der Waals surface area contributed by atoms with E-state index in [2.05, 4.69) is 40.2 Å². The van der Waals surface area contributed by atoms with Crippen LogP contribution in [0, 0.1) is 11.8 Å². The summed E-state index contributed by atoms with van der Waals surface area (Å²) >= 11 is 0. The molecule has 0 bridgehead atoms. The van der Waals surface area contributed by atoms with Gasteiger partial charge in [-0.15, -0.1) is 0 Å². The smallest absolute Gasteiger partial charge is 0.317 e. The van der Waals surface area contributed by atoms with E-state index in [0.717, 1.165) is 81.1 Å². The van der Waals surface area contributed by atoms with Crippen molar-refractivity contribution in [3.63, 3.8) is 0 Å². The highest BCUT2D eigenvalue weighted by Gasteiger charge is 2.44. The van der Waals surface area contributed by atoms with Gasteiger partial charge in [0.2, 0.25) is 5.91 Å². The number of aromatic nitrogens is 2. The van der Waals surface area contributed by atoms with Crippen molar-refractivity contribution in [2.75, 3.05) is 70.7 Å². The summed E-state index contributed by atoms with van der Waals surface area (Å²) in [5.41, 5.74) is 2.37. The molecule has 16 heteroatoms. The van der Waals surface area contributed by atoms with Gasteiger partial charge in [-0.2, -0.15) is 0 Å². The third-order valence-electron chi connectivity index (χ3n) is 12.6. The van der Waals surface area contributed by atoms with Crippen molar-refractivity contribution in [1.82, 2.24) is 25.1 Å². The van der Waals surface area contributed by atoms with Gasteiger partial charge < -0.3 is 55.7 Å². The fourth-order valence-electron chi connectivity index (χ4n) is 8.99. The fourth-order valence-corrected chi connectivity index (χ4v) is 8.99. The van der Waals surface area contributed by atoms with E-state index in [0.29, 0.717) is 57.3 Å². The molecule has 4 atom stereocenters. The Labute approximate surface area is 334 Å². The Balaban J connectivity index is 0.885. The number of carbonyl (C=O) groups excluding carboxylic acids is 2. The van der Waals surface area contributed by atoms with Gasteiger partial charge in [0, 0.05) is 84.3 Å². The van der Waals surface area contributed by atoms with E-state index in [9.17, 15) is 34.8 Å². The lowest BCUT2D eigenvalue weighted by atomic mass is 9.79. The van der Waals surface area contributed by atoms with Crippen LogP contribution in [-0.2, 0) is 44.7 Å². The molecule has 0 spiro atoms. The van der Waals surface area contributed by atoms with Crippen LogP contribution in [0.5, 0.6) is 0 Å². The summed E-state index contributed by atoms with van der Waals surface area (Å²) in [7, 11) is 3.00. The number of aliphatic hydroxyl groups is 3. The molecule has 2 aromatic heterocycles. The number of hydrogen-bond donors (Lipinski definition) is 7. The first kappa shape index (κ1) is 42.5. The van der Waals surface area contributed by atoms with Crippen molar-refractivity contribution in [3.05, 3.63) is 46.8 Å². The van der Waals surface area contributed by atoms with Crippen molar-refractivity contribution in [2.24, 2.45) is 11.8 Å². The van der Waals surface area contributed by atoms with Gasteiger partial charge in [-0.1, -0.05) is 12.1 Å². The first-order valence-corrected chi connectivity index (χ1v) is 20.5. The first-order valence-electron chi connectivity index (χ1n) is 20.5. The number of ether oxygens (including phenoxy) is 2. The van der Waals surface area contributed by atoms with Crippen LogP contribution in [0.15, 0.2) is 24.3 Å². The maximum Gasteiger partial charge on any atom is 0.317 e. The molecule has 2 fully saturated rings. The molecule has 0 saturated carbocycles. The first-order chi connectivity index (χ1) is 27.4. The minimum absolute atomic E-state index is 0.0102. The molecule has 6 rings (SSSR count). The second-order valence-electron chi connectivity index (χ2n) is 16.4. The number of pyridine rings is 2. The lowest BCUT2D eigenvalue weighted by molar-refractivity contribution is -0.180. The van der Waals surface area contributed by atoms with Crippen molar-refractivity contribution in [3.8, 4) is 0 Å². The Bertz CT molecular complexity index is 1700. The average molecular weight is 796 g/mol. The number of nitrogens with one attached hydrogen (secondary N) is 3. The number of carboxylic acids is 1. The molecule has 16 nitrogen and oxygen atoms in total. The van der Waals surface area contributed by atoms with Gasteiger partial charge in [0.05, 0.1) is 17.6 Å². The van der Waals surface area contributed by atoms with E-state index in [-0.39, 0.29) is 37.7 Å². The quantitative estimate of drug-likeness (QED) is 0.0960. The molecule has 0 aliphatic carbocycles. The number of likely N-dealkylation sites (tertiary alicyclic amines) is 2. The molecule has 2 aromatic rings. The van der Waals surface area contributed by atoms with Crippen LogP contribution in [0.3, 0.4) is 0 Å². The average Bonchev–Trinajstić information content (AvgIpc) is 3.20. The van der Waals surface area contributed by atoms with E-state index >= 15 is 0 Å². The van der Waals surface area contributed by atoms with E-state index in [1.54, 1.807) is 9.80 Å². The molecule has 4 aliphatic heterocycles. The number of carbonyl (C=O) groups is 3. The van der Waals surface area contributed by atoms with Gasteiger partial charge in [0.1, 0.15) is 17.7 Å². The molecule has 0 radical (unpaired) electrons. The lowest BCUT2D eigenvalue weighted by Gasteiger charge is -2.44. The molecule has 0 aromatic carbocycles. The summed E-state index contributed by atoms with van der Waals surface area (Å²) in [5.74, 6) is 1.93. The summed E-state index contributed by atoms with van der Waals surface area (Å²) in [6.07, 6.45) is 4.81. The number of fused-ring (bicyclic) bond motifs is 2. The lowest BCUT2D eigenvalue weighted by Crippen LogP contribution is -2.58. The van der Waals surface area contributed by atoms with Gasteiger partial charge >= 0.3 is 12.0 Å². The number of piperidine rings is 2. The largest absolute Gasteiger partial charge is 0.481 e. The third-order valence-corrected chi connectivity index (χ3v) is 12.6. The Kier molecular flexibility index (Phi) is 14.3. The van der Waals surface area contributed by atoms with Crippen molar-refractivity contribution in [1.29, 1.82) is 0 Å². The highest BCUT2D eigenvalue weighted by Crippen LogP contribution is 2.34. The van der Waals surface area contributed by atoms with Crippen LogP contribution >= 0.6 is 0 Å². The number of rotatable bonds is 16. The molecule has 7 N–H and O–H groups in total. The molecule has 314 valence electrons. The number of hydrogen-bond acceptors (Lipinski definition) is 12. The minimum atomic E-state index is -1.64. The van der Waals surface area contributed by atoms with Gasteiger partial charge in [0.15, 0.2) is 6.29 Å². The van der Waals surface area contributed by atoms with E-state index in [1.165, 1.54) is 25.3 Å². The molecule has 2 saturated heterocycles. The Morgan fingerprint density at radius 2 is 1.47 bits per heavy atom. The van der Waals surface area contributed by atoms with Crippen LogP contribution < -0.4 is 16.0 Å². The number of aryl methyl sites for hydroxylation is 2. The van der Waals surface area contributed by atoms with Gasteiger partial charge in [-0.25, -0.2) is 14.8 Å². The van der Waals surface area contributed by atoms with Crippen LogP contribution in [0.25, 0.3) is 0 Å². The van der Waals surface area contributed by atoms with Gasteiger partial charge in [-0.3, -0.25) is 9.59 Å². The second kappa shape index (κ2) is 19.1. The number of methoxy groups -OCH3 is 2. The van der Waals surface area contributed by atoms with Crippen LogP contribution in [0.2, 0.25) is 0 Å². The van der Waals surface area contributed by atoms with E-state index in [1.807, 2.05) is 0 Å². The molecular weight excluding hydrogens is 734 g/mol. The summed E-state index contributed by atoms with van der Waals surface area (Å²) in [6.45, 7) is 3.75. The van der Waals surface area contributed by atoms with Crippen molar-refractivity contribution < 1.29 is 44.3 Å². The Morgan fingerprint density at radius 1 is 0.877 bits per heavy atom.